The van der Waals surface area contributed by atoms with Crippen molar-refractivity contribution in [2.24, 2.45) is 5.73 Å². The van der Waals surface area contributed by atoms with Crippen LogP contribution in [0.1, 0.15) is 13.3 Å². The highest BCUT2D eigenvalue weighted by Crippen LogP contribution is 1.97. The molecule has 0 atom stereocenters. The standard InChI is InChI=1S/C5H8FNO/c1-2-4(3-6)5(7)8/h3H,2H2,1H3,(H2,7,8). The van der Waals surface area contributed by atoms with Gasteiger partial charge in [0.15, 0.2) is 0 Å². The van der Waals surface area contributed by atoms with E-state index in [-0.39, 0.29) is 11.9 Å². The first-order valence-corrected chi connectivity index (χ1v) is 2.31. The van der Waals surface area contributed by atoms with Gasteiger partial charge in [0.1, 0.15) is 0 Å². The predicted molar refractivity (Wildman–Crippen MR) is 28.7 cm³/mol. The molecule has 0 radical (unpaired) electrons. The molecule has 0 aliphatic carbocycles. The minimum Gasteiger partial charge on any atom is -0.366 e. The fraction of sp³-hybridized carbons (Fsp3) is 0.400. The van der Waals surface area contributed by atoms with Crippen LogP contribution >= 0.6 is 0 Å². The number of amides is 1. The highest BCUT2D eigenvalue weighted by molar-refractivity contribution is 5.91. The summed E-state index contributed by atoms with van der Waals surface area (Å²) in [4.78, 5) is 10.1. The molecule has 2 nitrogen and oxygen atoms in total. The van der Waals surface area contributed by atoms with Crippen LogP contribution in [0, 0.1) is 0 Å². The van der Waals surface area contributed by atoms with Crippen molar-refractivity contribution < 1.29 is 9.18 Å². The molecule has 0 aromatic carbocycles. The second-order valence-corrected chi connectivity index (χ2v) is 1.35. The molecule has 3 heteroatoms. The van der Waals surface area contributed by atoms with Gasteiger partial charge in [-0.2, -0.15) is 0 Å². The van der Waals surface area contributed by atoms with E-state index >= 15 is 0 Å². The molecule has 0 spiro atoms. The lowest BCUT2D eigenvalue weighted by Crippen LogP contribution is -2.12. The molecule has 0 rings (SSSR count). The van der Waals surface area contributed by atoms with Crippen LogP contribution < -0.4 is 5.73 Å². The maximum Gasteiger partial charge on any atom is 0.246 e. The fourth-order valence-corrected chi connectivity index (χ4v) is 0.305. The lowest BCUT2D eigenvalue weighted by atomic mass is 10.2. The molecule has 0 fully saturated rings. The van der Waals surface area contributed by atoms with Crippen molar-refractivity contribution in [1.82, 2.24) is 0 Å². The number of hydrogen-bond acceptors (Lipinski definition) is 1. The normalized spacial score (nSPS) is 11.5. The van der Waals surface area contributed by atoms with Crippen LogP contribution in [0.15, 0.2) is 11.9 Å². The Kier molecular flexibility index (Phi) is 2.84. The largest absolute Gasteiger partial charge is 0.366 e. The zero-order valence-electron chi connectivity index (χ0n) is 4.65. The van der Waals surface area contributed by atoms with Gasteiger partial charge in [-0.25, -0.2) is 4.39 Å². The number of halogens is 1. The summed E-state index contributed by atoms with van der Waals surface area (Å²) in [6.07, 6.45) is 0.591. The van der Waals surface area contributed by atoms with Gasteiger partial charge in [-0.1, -0.05) is 6.92 Å². The first-order valence-electron chi connectivity index (χ1n) is 2.31. The van der Waals surface area contributed by atoms with E-state index in [0.29, 0.717) is 6.42 Å². The van der Waals surface area contributed by atoms with Crippen molar-refractivity contribution in [3.05, 3.63) is 11.9 Å². The van der Waals surface area contributed by atoms with Gasteiger partial charge in [0.25, 0.3) is 0 Å². The quantitative estimate of drug-likeness (QED) is 0.532. The van der Waals surface area contributed by atoms with Gasteiger partial charge in [0, 0.05) is 5.57 Å². The van der Waals surface area contributed by atoms with Crippen LogP contribution in [-0.4, -0.2) is 5.91 Å². The van der Waals surface area contributed by atoms with E-state index in [1.807, 2.05) is 0 Å². The minimum atomic E-state index is -0.685. The smallest absolute Gasteiger partial charge is 0.246 e. The van der Waals surface area contributed by atoms with Crippen LogP contribution in [0.3, 0.4) is 0 Å². The van der Waals surface area contributed by atoms with E-state index in [9.17, 15) is 9.18 Å². The van der Waals surface area contributed by atoms with E-state index in [1.165, 1.54) is 0 Å². The number of rotatable bonds is 2. The SMILES string of the molecule is CCC(=CF)C(N)=O. The zero-order valence-corrected chi connectivity index (χ0v) is 4.65. The summed E-state index contributed by atoms with van der Waals surface area (Å²) in [5, 5.41) is 0. The van der Waals surface area contributed by atoms with E-state index in [0.717, 1.165) is 0 Å². The monoisotopic (exact) mass is 117 g/mol. The van der Waals surface area contributed by atoms with Gasteiger partial charge in [0.2, 0.25) is 5.91 Å². The molecule has 0 saturated carbocycles. The molecular formula is C5H8FNO. The number of hydrogen-bond donors (Lipinski definition) is 1. The van der Waals surface area contributed by atoms with Gasteiger partial charge < -0.3 is 5.73 Å². The van der Waals surface area contributed by atoms with Gasteiger partial charge >= 0.3 is 0 Å². The molecule has 0 aromatic heterocycles. The van der Waals surface area contributed by atoms with E-state index < -0.39 is 5.91 Å². The van der Waals surface area contributed by atoms with Crippen molar-refractivity contribution in [2.75, 3.05) is 0 Å². The van der Waals surface area contributed by atoms with Crippen molar-refractivity contribution in [3.8, 4) is 0 Å². The fourth-order valence-electron chi connectivity index (χ4n) is 0.305. The van der Waals surface area contributed by atoms with Gasteiger partial charge in [0.05, 0.1) is 6.33 Å². The number of carbonyl (C=O) groups excluding carboxylic acids is 1. The second kappa shape index (κ2) is 3.18. The van der Waals surface area contributed by atoms with Crippen LogP contribution in [-0.2, 0) is 4.79 Å². The van der Waals surface area contributed by atoms with Crippen molar-refractivity contribution in [1.29, 1.82) is 0 Å². The highest BCUT2D eigenvalue weighted by atomic mass is 19.1. The zero-order chi connectivity index (χ0) is 6.57. The molecule has 0 heterocycles. The lowest BCUT2D eigenvalue weighted by Gasteiger charge is -1.90. The molecule has 0 aromatic rings. The minimum absolute atomic E-state index is 0.0324. The molecule has 0 bridgehead atoms. The second-order valence-electron chi connectivity index (χ2n) is 1.35. The number of nitrogens with two attached hydrogens (primary N) is 1. The summed E-state index contributed by atoms with van der Waals surface area (Å²) in [7, 11) is 0. The molecule has 0 unspecified atom stereocenters. The highest BCUT2D eigenvalue weighted by Gasteiger charge is 1.98. The Bertz CT molecular complexity index is 120. The summed E-state index contributed by atoms with van der Waals surface area (Å²) in [5.74, 6) is -0.685. The maximum absolute atomic E-state index is 11.4. The summed E-state index contributed by atoms with van der Waals surface area (Å²) < 4.78 is 11.4. The van der Waals surface area contributed by atoms with Crippen molar-refractivity contribution in [3.63, 3.8) is 0 Å². The predicted octanol–water partition coefficient (Wildman–Crippen LogP) is 0.735. The average Bonchev–Trinajstić information content (AvgIpc) is 1.69. The van der Waals surface area contributed by atoms with Crippen LogP contribution in [0.4, 0.5) is 4.39 Å². The van der Waals surface area contributed by atoms with E-state index in [4.69, 9.17) is 5.73 Å². The third-order valence-corrected chi connectivity index (χ3v) is 0.829. The molecule has 0 saturated heterocycles. The summed E-state index contributed by atoms with van der Waals surface area (Å²) in [6, 6.07) is 0. The Labute approximate surface area is 47.2 Å². The van der Waals surface area contributed by atoms with Gasteiger partial charge in [-0.15, -0.1) is 0 Å². The van der Waals surface area contributed by atoms with Crippen LogP contribution in [0.25, 0.3) is 0 Å². The maximum atomic E-state index is 11.4. The lowest BCUT2D eigenvalue weighted by molar-refractivity contribution is -0.114. The Morgan fingerprint density at radius 1 is 1.88 bits per heavy atom. The molecule has 0 aliphatic rings. The Morgan fingerprint density at radius 2 is 2.38 bits per heavy atom. The molecule has 1 amide bonds. The third kappa shape index (κ3) is 1.73. The van der Waals surface area contributed by atoms with Crippen LogP contribution in [0.2, 0.25) is 0 Å². The number of primary amides is 1. The van der Waals surface area contributed by atoms with E-state index in [1.54, 1.807) is 6.92 Å². The molecular weight excluding hydrogens is 109 g/mol. The summed E-state index contributed by atoms with van der Waals surface area (Å²) in [6.45, 7) is 1.66. The average molecular weight is 117 g/mol. The topological polar surface area (TPSA) is 43.1 Å². The summed E-state index contributed by atoms with van der Waals surface area (Å²) >= 11 is 0. The van der Waals surface area contributed by atoms with Gasteiger partial charge in [-0.05, 0) is 6.42 Å². The Balaban J connectivity index is 3.92. The van der Waals surface area contributed by atoms with E-state index in [2.05, 4.69) is 0 Å². The van der Waals surface area contributed by atoms with Crippen molar-refractivity contribution in [2.45, 2.75) is 13.3 Å². The Morgan fingerprint density at radius 3 is 2.38 bits per heavy atom. The van der Waals surface area contributed by atoms with Crippen molar-refractivity contribution >= 4 is 5.91 Å². The van der Waals surface area contributed by atoms with Crippen LogP contribution in [0.5, 0.6) is 0 Å². The first-order chi connectivity index (χ1) is 3.72. The first kappa shape index (κ1) is 7.14. The van der Waals surface area contributed by atoms with Gasteiger partial charge in [-0.3, -0.25) is 4.79 Å². The number of carbonyl (C=O) groups is 1. The third-order valence-electron chi connectivity index (χ3n) is 0.829. The molecule has 8 heavy (non-hydrogen) atoms. The molecule has 46 valence electrons. The Hall–Kier alpha value is -0.860. The molecule has 0 aliphatic heterocycles. The molecule has 2 N–H and O–H groups in total. The summed E-state index contributed by atoms with van der Waals surface area (Å²) in [5.41, 5.74) is 4.74.